The molecule has 1 rings (SSSR count). The maximum Gasteiger partial charge on any atom is 0.0660 e. The van der Waals surface area contributed by atoms with Crippen LogP contribution in [0.3, 0.4) is 0 Å². The Morgan fingerprint density at radius 2 is 2.44 bits per heavy atom. The van der Waals surface area contributed by atoms with E-state index in [1.54, 1.807) is 7.05 Å². The molecule has 0 spiro atoms. The fourth-order valence-corrected chi connectivity index (χ4v) is 0.637. The van der Waals surface area contributed by atoms with E-state index in [-0.39, 0.29) is 23.1 Å². The molecule has 0 unspecified atom stereocenters. The van der Waals surface area contributed by atoms with E-state index in [0.717, 1.165) is 0 Å². The summed E-state index contributed by atoms with van der Waals surface area (Å²) in [6, 6.07) is 1.46. The van der Waals surface area contributed by atoms with Gasteiger partial charge in [0.1, 0.15) is 0 Å². The summed E-state index contributed by atoms with van der Waals surface area (Å²) in [5, 5.41) is 2.77. The molecule has 0 amide bonds. The van der Waals surface area contributed by atoms with Gasteiger partial charge in [0.05, 0.1) is 4.11 Å². The van der Waals surface area contributed by atoms with Gasteiger partial charge in [-0.3, -0.25) is 0 Å². The largest absolute Gasteiger partial charge is 0.388 e. The zero-order chi connectivity index (χ0) is 9.30. The highest BCUT2D eigenvalue weighted by Crippen LogP contribution is 2.13. The van der Waals surface area contributed by atoms with Crippen LogP contribution in [0.2, 0.25) is 5.02 Å². The lowest BCUT2D eigenvalue weighted by Gasteiger charge is -1.97. The third kappa shape index (κ3) is 1.61. The molecule has 0 atom stereocenters. The van der Waals surface area contributed by atoms with Gasteiger partial charge in [-0.2, -0.15) is 0 Å². The van der Waals surface area contributed by atoms with Crippen LogP contribution >= 0.6 is 11.6 Å². The van der Waals surface area contributed by atoms with Crippen molar-refractivity contribution < 1.29 is 4.11 Å². The summed E-state index contributed by atoms with van der Waals surface area (Å²) in [4.78, 5) is 0. The first kappa shape index (κ1) is 3.47. The Balaban J connectivity index is 3.40. The van der Waals surface area contributed by atoms with Gasteiger partial charge < -0.3 is 5.32 Å². The van der Waals surface area contributed by atoms with Gasteiger partial charge in [0.25, 0.3) is 0 Å². The lowest BCUT2D eigenvalue weighted by atomic mass is 10.3. The minimum atomic E-state index is 0.0108. The fraction of sp³-hybridized carbons (Fsp3) is 0.143. The van der Waals surface area contributed by atoms with Crippen LogP contribution in [0, 0.1) is 0 Å². The van der Waals surface area contributed by atoms with Crippen molar-refractivity contribution in [1.82, 2.24) is 0 Å². The van der Waals surface area contributed by atoms with Crippen LogP contribution in [-0.4, -0.2) is 7.05 Å². The number of rotatable bonds is 1. The molecule has 1 aromatic rings. The molecule has 0 radical (unpaired) electrons. The third-order valence-corrected chi connectivity index (χ3v) is 1.10. The molecule has 0 fully saturated rings. The lowest BCUT2D eigenvalue weighted by Crippen LogP contribution is -1.85. The molecule has 0 saturated carbocycles. The Morgan fingerprint density at radius 3 is 3.11 bits per heavy atom. The highest BCUT2D eigenvalue weighted by Gasteiger charge is 1.86. The molecule has 2 heteroatoms. The Bertz CT molecular complexity index is 314. The quantitative estimate of drug-likeness (QED) is 0.638. The number of hydrogen-bond donors (Lipinski definition) is 1. The Kier molecular flexibility index (Phi) is 1.06. The highest BCUT2D eigenvalue weighted by atomic mass is 35.5. The first-order chi connectivity index (χ1) is 5.57. The second kappa shape index (κ2) is 2.74. The van der Waals surface area contributed by atoms with Gasteiger partial charge in [0.2, 0.25) is 0 Å². The minimum absolute atomic E-state index is 0.0108. The van der Waals surface area contributed by atoms with Crippen LogP contribution in [0.25, 0.3) is 0 Å². The third-order valence-electron chi connectivity index (χ3n) is 0.900. The van der Waals surface area contributed by atoms with Crippen molar-refractivity contribution >= 4 is 17.3 Å². The Labute approximate surface area is 63.9 Å². The Hall–Kier alpha value is -0.690. The molecular formula is C7H8ClN. The fourth-order valence-electron chi connectivity index (χ4n) is 0.488. The van der Waals surface area contributed by atoms with Crippen LogP contribution in [0.5, 0.6) is 0 Å². The van der Waals surface area contributed by atoms with E-state index in [4.69, 9.17) is 15.7 Å². The summed E-state index contributed by atoms with van der Waals surface area (Å²) in [5.74, 6) is 0. The molecule has 0 aliphatic carbocycles. The van der Waals surface area contributed by atoms with Crippen molar-refractivity contribution in [2.75, 3.05) is 12.4 Å². The molecule has 1 N–H and O–H groups in total. The van der Waals surface area contributed by atoms with Crippen molar-refractivity contribution in [3.05, 3.63) is 29.2 Å². The van der Waals surface area contributed by atoms with Gasteiger partial charge in [0, 0.05) is 17.8 Å². The van der Waals surface area contributed by atoms with E-state index in [0.29, 0.717) is 5.69 Å². The van der Waals surface area contributed by atoms with Gasteiger partial charge in [-0.1, -0.05) is 17.7 Å². The van der Waals surface area contributed by atoms with Crippen molar-refractivity contribution in [3.8, 4) is 0 Å². The first-order valence-electron chi connectivity index (χ1n) is 4.02. The SMILES string of the molecule is [2H]c1cc([2H])c(NC)c([2H])c1Cl. The standard InChI is InChI=1S/C7H8ClN/c1-9-7-4-2-3-6(8)5-7/h2-5,9H,1H3/i3D,4D,5D. The number of benzene rings is 1. The first-order valence-corrected chi connectivity index (χ1v) is 2.89. The van der Waals surface area contributed by atoms with E-state index in [2.05, 4.69) is 5.32 Å². The van der Waals surface area contributed by atoms with Gasteiger partial charge in [-0.15, -0.1) is 0 Å². The maximum atomic E-state index is 7.44. The molecular weight excluding hydrogens is 134 g/mol. The van der Waals surface area contributed by atoms with E-state index in [1.165, 1.54) is 6.07 Å². The normalized spacial score (nSPS) is 13.8. The maximum absolute atomic E-state index is 7.44. The smallest absolute Gasteiger partial charge is 0.0660 e. The molecule has 0 aliphatic rings. The summed E-state index contributed by atoms with van der Waals surface area (Å²) in [5.41, 5.74) is 0.357. The molecule has 48 valence electrons. The molecule has 0 heterocycles. The summed E-state index contributed by atoms with van der Waals surface area (Å²) in [7, 11) is 1.62. The second-order valence-corrected chi connectivity index (χ2v) is 1.87. The van der Waals surface area contributed by atoms with Crippen LogP contribution < -0.4 is 5.32 Å². The van der Waals surface area contributed by atoms with E-state index in [9.17, 15) is 0 Å². The van der Waals surface area contributed by atoms with Crippen LogP contribution in [-0.2, 0) is 0 Å². The molecule has 9 heavy (non-hydrogen) atoms. The molecule has 0 aliphatic heterocycles. The predicted molar refractivity (Wildman–Crippen MR) is 41.0 cm³/mol. The monoisotopic (exact) mass is 144 g/mol. The number of halogens is 1. The average molecular weight is 145 g/mol. The molecule has 1 aromatic carbocycles. The van der Waals surface area contributed by atoms with Crippen molar-refractivity contribution in [1.29, 1.82) is 0 Å². The second-order valence-electron chi connectivity index (χ2n) is 1.50. The molecule has 0 saturated heterocycles. The lowest BCUT2D eigenvalue weighted by molar-refractivity contribution is 1.51. The van der Waals surface area contributed by atoms with Crippen molar-refractivity contribution in [2.24, 2.45) is 0 Å². The Morgan fingerprint density at radius 1 is 1.67 bits per heavy atom. The molecule has 0 bridgehead atoms. The average Bonchev–Trinajstić information content (AvgIpc) is 2.01. The molecule has 1 nitrogen and oxygen atoms in total. The number of hydrogen-bond acceptors (Lipinski definition) is 1. The zero-order valence-corrected chi connectivity index (χ0v) is 5.71. The zero-order valence-electron chi connectivity index (χ0n) is 7.96. The van der Waals surface area contributed by atoms with Gasteiger partial charge in [0.15, 0.2) is 0 Å². The van der Waals surface area contributed by atoms with Gasteiger partial charge in [-0.05, 0) is 18.1 Å². The van der Waals surface area contributed by atoms with Crippen LogP contribution in [0.4, 0.5) is 5.69 Å². The predicted octanol–water partition coefficient (Wildman–Crippen LogP) is 2.38. The topological polar surface area (TPSA) is 12.0 Å². The minimum Gasteiger partial charge on any atom is -0.388 e. The summed E-state index contributed by atoms with van der Waals surface area (Å²) in [6.07, 6.45) is 0. The summed E-state index contributed by atoms with van der Waals surface area (Å²) >= 11 is 5.64. The van der Waals surface area contributed by atoms with Crippen molar-refractivity contribution in [2.45, 2.75) is 0 Å². The molecule has 0 aromatic heterocycles. The number of nitrogens with one attached hydrogen (secondary N) is 1. The number of anilines is 1. The van der Waals surface area contributed by atoms with Gasteiger partial charge in [-0.25, -0.2) is 0 Å². The highest BCUT2D eigenvalue weighted by molar-refractivity contribution is 6.30. The van der Waals surface area contributed by atoms with E-state index in [1.807, 2.05) is 0 Å². The van der Waals surface area contributed by atoms with Crippen LogP contribution in [0.1, 0.15) is 4.11 Å². The van der Waals surface area contributed by atoms with Crippen molar-refractivity contribution in [3.63, 3.8) is 0 Å². The van der Waals surface area contributed by atoms with Gasteiger partial charge >= 0.3 is 0 Å². The van der Waals surface area contributed by atoms with E-state index >= 15 is 0 Å². The van der Waals surface area contributed by atoms with Crippen LogP contribution in [0.15, 0.2) is 24.2 Å². The summed E-state index contributed by atoms with van der Waals surface area (Å²) in [6.45, 7) is 0. The van der Waals surface area contributed by atoms with E-state index < -0.39 is 0 Å². The summed E-state index contributed by atoms with van der Waals surface area (Å²) < 4.78 is 22.1.